The normalized spacial score (nSPS) is 24.1. The highest BCUT2D eigenvalue weighted by Crippen LogP contribution is 2.23. The number of hydrogen-bond acceptors (Lipinski definition) is 4. The first kappa shape index (κ1) is 14.0. The number of likely N-dealkylation sites (tertiary alicyclic amines) is 1. The Balaban J connectivity index is 1.49. The van der Waals surface area contributed by atoms with Gasteiger partial charge in [-0.1, -0.05) is 6.07 Å². The van der Waals surface area contributed by atoms with Crippen LogP contribution in [0.15, 0.2) is 24.4 Å². The first-order valence-corrected chi connectivity index (χ1v) is 8.81. The van der Waals surface area contributed by atoms with Crippen LogP contribution in [0.25, 0.3) is 0 Å². The molecule has 2 aliphatic rings. The molecule has 1 saturated carbocycles. The third-order valence-corrected chi connectivity index (χ3v) is 5.91. The van der Waals surface area contributed by atoms with Crippen LogP contribution in [0, 0.1) is 0 Å². The van der Waals surface area contributed by atoms with Gasteiger partial charge >= 0.3 is 0 Å². The lowest BCUT2D eigenvalue weighted by Gasteiger charge is -2.16. The zero-order chi connectivity index (χ0) is 14.0. The predicted molar refractivity (Wildman–Crippen MR) is 77.9 cm³/mol. The lowest BCUT2D eigenvalue weighted by Crippen LogP contribution is -2.37. The smallest absolute Gasteiger partial charge is 0.216 e. The number of hydrogen-bond donors (Lipinski definition) is 1. The van der Waals surface area contributed by atoms with Crippen molar-refractivity contribution in [1.82, 2.24) is 14.6 Å². The lowest BCUT2D eigenvalue weighted by molar-refractivity contribution is 0.342. The molecule has 1 aromatic rings. The van der Waals surface area contributed by atoms with Gasteiger partial charge in [-0.15, -0.1) is 0 Å². The van der Waals surface area contributed by atoms with Crippen molar-refractivity contribution in [2.24, 2.45) is 0 Å². The molecule has 1 aliphatic carbocycles. The third kappa shape index (κ3) is 3.56. The van der Waals surface area contributed by atoms with E-state index in [-0.39, 0.29) is 11.3 Å². The fraction of sp³-hybridized carbons (Fsp3) is 0.643. The molecule has 2 heterocycles. The molecular formula is C14H21N3O2S. The van der Waals surface area contributed by atoms with E-state index in [2.05, 4.69) is 14.6 Å². The molecule has 0 spiro atoms. The average Bonchev–Trinajstić information content (AvgIpc) is 3.10. The molecule has 1 unspecified atom stereocenters. The summed E-state index contributed by atoms with van der Waals surface area (Å²) in [4.78, 5) is 6.53. The maximum atomic E-state index is 12.2. The highest BCUT2D eigenvalue weighted by atomic mass is 32.2. The standard InChI is InChI=1S/C14H21N3O2S/c18-20(19,16-13-4-5-13)14-7-10-17(11-14)9-6-12-3-1-2-8-15-12/h1-3,8,13-14,16H,4-7,9-11H2. The molecule has 1 aliphatic heterocycles. The third-order valence-electron chi connectivity index (χ3n) is 3.99. The van der Waals surface area contributed by atoms with E-state index < -0.39 is 10.0 Å². The number of nitrogens with one attached hydrogen (secondary N) is 1. The van der Waals surface area contributed by atoms with Crippen LogP contribution < -0.4 is 4.72 Å². The van der Waals surface area contributed by atoms with E-state index in [9.17, 15) is 8.42 Å². The molecule has 1 N–H and O–H groups in total. The molecule has 2 fully saturated rings. The van der Waals surface area contributed by atoms with Gasteiger partial charge in [-0.25, -0.2) is 13.1 Å². The number of nitrogens with zero attached hydrogens (tertiary/aromatic N) is 2. The van der Waals surface area contributed by atoms with E-state index in [0.717, 1.165) is 44.5 Å². The second-order valence-corrected chi connectivity index (χ2v) is 7.71. The topological polar surface area (TPSA) is 62.3 Å². The average molecular weight is 295 g/mol. The van der Waals surface area contributed by atoms with E-state index in [1.54, 1.807) is 6.20 Å². The van der Waals surface area contributed by atoms with Crippen LogP contribution in [0.2, 0.25) is 0 Å². The summed E-state index contributed by atoms with van der Waals surface area (Å²) in [5.41, 5.74) is 1.06. The first-order valence-electron chi connectivity index (χ1n) is 7.27. The number of sulfonamides is 1. The van der Waals surface area contributed by atoms with Gasteiger partial charge in [0.2, 0.25) is 10.0 Å². The molecule has 3 rings (SSSR count). The summed E-state index contributed by atoms with van der Waals surface area (Å²) in [5, 5.41) is -0.244. The SMILES string of the molecule is O=S(=O)(NC1CC1)C1CCN(CCc2ccccn2)C1. The molecule has 1 saturated heterocycles. The van der Waals surface area contributed by atoms with Crippen molar-refractivity contribution < 1.29 is 8.42 Å². The van der Waals surface area contributed by atoms with Crippen LogP contribution in [0.3, 0.4) is 0 Å². The Kier molecular flexibility index (Phi) is 4.05. The molecule has 110 valence electrons. The Morgan fingerprint density at radius 3 is 2.85 bits per heavy atom. The quantitative estimate of drug-likeness (QED) is 0.842. The maximum absolute atomic E-state index is 12.2. The molecule has 0 amide bonds. The minimum absolute atomic E-state index is 0.211. The van der Waals surface area contributed by atoms with Crippen LogP contribution >= 0.6 is 0 Å². The van der Waals surface area contributed by atoms with Crippen molar-refractivity contribution in [1.29, 1.82) is 0 Å². The zero-order valence-corrected chi connectivity index (χ0v) is 12.3. The Hall–Kier alpha value is -0.980. The van der Waals surface area contributed by atoms with Gasteiger partial charge in [0, 0.05) is 37.4 Å². The van der Waals surface area contributed by atoms with Gasteiger partial charge in [-0.3, -0.25) is 4.98 Å². The van der Waals surface area contributed by atoms with Crippen LogP contribution in [-0.4, -0.2) is 49.2 Å². The van der Waals surface area contributed by atoms with Crippen LogP contribution in [0.5, 0.6) is 0 Å². The highest BCUT2D eigenvalue weighted by molar-refractivity contribution is 7.90. The van der Waals surface area contributed by atoms with Crippen LogP contribution in [-0.2, 0) is 16.4 Å². The Morgan fingerprint density at radius 2 is 2.15 bits per heavy atom. The minimum atomic E-state index is -3.12. The van der Waals surface area contributed by atoms with Crippen molar-refractivity contribution in [2.75, 3.05) is 19.6 Å². The van der Waals surface area contributed by atoms with Gasteiger partial charge in [0.1, 0.15) is 0 Å². The predicted octanol–water partition coefficient (Wildman–Crippen LogP) is 0.780. The lowest BCUT2D eigenvalue weighted by atomic mass is 10.2. The fourth-order valence-corrected chi connectivity index (χ4v) is 4.32. The monoisotopic (exact) mass is 295 g/mol. The van der Waals surface area contributed by atoms with E-state index in [4.69, 9.17) is 0 Å². The molecule has 0 aromatic carbocycles. The van der Waals surface area contributed by atoms with Crippen molar-refractivity contribution in [3.8, 4) is 0 Å². The van der Waals surface area contributed by atoms with Crippen molar-refractivity contribution >= 4 is 10.0 Å². The first-order chi connectivity index (χ1) is 9.63. The minimum Gasteiger partial charge on any atom is -0.302 e. The summed E-state index contributed by atoms with van der Waals surface area (Å²) < 4.78 is 27.1. The van der Waals surface area contributed by atoms with E-state index >= 15 is 0 Å². The second-order valence-electron chi connectivity index (χ2n) is 5.72. The van der Waals surface area contributed by atoms with Crippen LogP contribution in [0.4, 0.5) is 0 Å². The summed E-state index contributed by atoms with van der Waals surface area (Å²) in [6.45, 7) is 2.39. The van der Waals surface area contributed by atoms with Crippen molar-refractivity contribution in [3.63, 3.8) is 0 Å². The summed E-state index contributed by atoms with van der Waals surface area (Å²) in [6, 6.07) is 6.12. The molecule has 6 heteroatoms. The maximum Gasteiger partial charge on any atom is 0.216 e. The number of rotatable bonds is 6. The molecular weight excluding hydrogens is 274 g/mol. The molecule has 5 nitrogen and oxygen atoms in total. The van der Waals surface area contributed by atoms with Gasteiger partial charge in [0.15, 0.2) is 0 Å². The van der Waals surface area contributed by atoms with Gasteiger partial charge in [-0.05, 0) is 37.9 Å². The molecule has 1 atom stereocenters. The van der Waals surface area contributed by atoms with Crippen molar-refractivity contribution in [2.45, 2.75) is 37.0 Å². The van der Waals surface area contributed by atoms with Gasteiger partial charge in [0.05, 0.1) is 5.25 Å². The van der Waals surface area contributed by atoms with Gasteiger partial charge < -0.3 is 4.90 Å². The molecule has 0 radical (unpaired) electrons. The molecule has 20 heavy (non-hydrogen) atoms. The summed E-state index contributed by atoms with van der Waals surface area (Å²) in [5.74, 6) is 0. The van der Waals surface area contributed by atoms with E-state index in [0.29, 0.717) is 6.54 Å². The second kappa shape index (κ2) is 5.79. The van der Waals surface area contributed by atoms with E-state index in [1.165, 1.54) is 0 Å². The van der Waals surface area contributed by atoms with E-state index in [1.807, 2.05) is 18.2 Å². The summed E-state index contributed by atoms with van der Waals surface area (Å²) in [7, 11) is -3.12. The van der Waals surface area contributed by atoms with Gasteiger partial charge in [-0.2, -0.15) is 0 Å². The summed E-state index contributed by atoms with van der Waals surface area (Å²) in [6.07, 6.45) is 5.41. The summed E-state index contributed by atoms with van der Waals surface area (Å²) >= 11 is 0. The highest BCUT2D eigenvalue weighted by Gasteiger charge is 2.36. The Bertz CT molecular complexity index is 543. The Labute approximate surface area is 120 Å². The van der Waals surface area contributed by atoms with Crippen molar-refractivity contribution in [3.05, 3.63) is 30.1 Å². The van der Waals surface area contributed by atoms with Gasteiger partial charge in [0.25, 0.3) is 0 Å². The Morgan fingerprint density at radius 1 is 1.30 bits per heavy atom. The fourth-order valence-electron chi connectivity index (χ4n) is 2.60. The molecule has 0 bridgehead atoms. The molecule has 1 aromatic heterocycles. The van der Waals surface area contributed by atoms with Crippen LogP contribution in [0.1, 0.15) is 25.0 Å². The zero-order valence-electron chi connectivity index (χ0n) is 11.5. The number of pyridine rings is 1. The number of aromatic nitrogens is 1. The largest absolute Gasteiger partial charge is 0.302 e.